The fraction of sp³-hybridized carbons (Fsp3) is 0.318. The van der Waals surface area contributed by atoms with Crippen LogP contribution < -0.4 is 14.8 Å². The first-order valence-electron chi connectivity index (χ1n) is 9.49. The Kier molecular flexibility index (Phi) is 5.19. The number of para-hydroxylation sites is 2. The van der Waals surface area contributed by atoms with Gasteiger partial charge in [0.15, 0.2) is 11.5 Å². The molecule has 28 heavy (non-hydrogen) atoms. The van der Waals surface area contributed by atoms with Crippen molar-refractivity contribution in [3.05, 3.63) is 60.0 Å². The summed E-state index contributed by atoms with van der Waals surface area (Å²) in [6, 6.07) is 12.3. The number of rotatable bonds is 6. The van der Waals surface area contributed by atoms with E-state index in [0.29, 0.717) is 31.7 Å². The van der Waals surface area contributed by atoms with Crippen molar-refractivity contribution in [1.29, 1.82) is 0 Å². The highest BCUT2D eigenvalue weighted by Gasteiger charge is 2.21. The molecule has 1 aromatic heterocycles. The van der Waals surface area contributed by atoms with Crippen molar-refractivity contribution >= 4 is 16.8 Å². The standard InChI is InChI=1S/C22H23FN2O3/c1-25-13-15(18-11-16(23)9-10-19(18)25)5-4-8-22(26)24-12-17-14-27-20-6-2-3-7-21(20)28-17/h2-3,6-7,9-11,13,17H,4-5,8,12,14H2,1H3,(H,24,26). The van der Waals surface area contributed by atoms with Gasteiger partial charge in [-0.25, -0.2) is 4.39 Å². The number of fused-ring (bicyclic) bond motifs is 2. The second kappa shape index (κ2) is 7.92. The van der Waals surface area contributed by atoms with Crippen LogP contribution >= 0.6 is 0 Å². The first kappa shape index (κ1) is 18.3. The van der Waals surface area contributed by atoms with Crippen LogP contribution in [-0.2, 0) is 18.3 Å². The number of benzene rings is 2. The van der Waals surface area contributed by atoms with Gasteiger partial charge in [-0.3, -0.25) is 4.79 Å². The molecule has 0 bridgehead atoms. The summed E-state index contributed by atoms with van der Waals surface area (Å²) < 4.78 is 27.0. The maximum absolute atomic E-state index is 13.6. The molecule has 0 saturated heterocycles. The molecule has 0 fully saturated rings. The lowest BCUT2D eigenvalue weighted by molar-refractivity contribution is -0.121. The van der Waals surface area contributed by atoms with Crippen LogP contribution in [0.25, 0.3) is 10.9 Å². The topological polar surface area (TPSA) is 52.5 Å². The Bertz CT molecular complexity index is 999. The lowest BCUT2D eigenvalue weighted by Crippen LogP contribution is -2.40. The third-order valence-electron chi connectivity index (χ3n) is 4.98. The van der Waals surface area contributed by atoms with Gasteiger partial charge in [-0.15, -0.1) is 0 Å². The molecule has 0 saturated carbocycles. The minimum absolute atomic E-state index is 0.0196. The molecular weight excluding hydrogens is 359 g/mol. The van der Waals surface area contributed by atoms with E-state index in [0.717, 1.165) is 28.6 Å². The number of halogens is 1. The molecule has 6 heteroatoms. The van der Waals surface area contributed by atoms with Crippen LogP contribution in [0.5, 0.6) is 11.5 Å². The van der Waals surface area contributed by atoms with E-state index in [1.807, 2.05) is 42.1 Å². The molecule has 2 heterocycles. The van der Waals surface area contributed by atoms with Crippen LogP contribution in [0.15, 0.2) is 48.7 Å². The van der Waals surface area contributed by atoms with Gasteiger partial charge < -0.3 is 19.4 Å². The average molecular weight is 382 g/mol. The predicted molar refractivity (Wildman–Crippen MR) is 105 cm³/mol. The number of hydrogen-bond donors (Lipinski definition) is 1. The zero-order valence-electron chi connectivity index (χ0n) is 15.8. The Morgan fingerprint density at radius 1 is 1.25 bits per heavy atom. The Morgan fingerprint density at radius 3 is 2.93 bits per heavy atom. The number of carbonyl (C=O) groups is 1. The Hall–Kier alpha value is -3.02. The zero-order valence-corrected chi connectivity index (χ0v) is 15.8. The summed E-state index contributed by atoms with van der Waals surface area (Å²) in [5, 5.41) is 3.82. The van der Waals surface area contributed by atoms with E-state index < -0.39 is 0 Å². The number of carbonyl (C=O) groups excluding carboxylic acids is 1. The molecule has 3 aromatic rings. The van der Waals surface area contributed by atoms with Crippen molar-refractivity contribution in [2.75, 3.05) is 13.2 Å². The second-order valence-corrected chi connectivity index (χ2v) is 7.08. The maximum Gasteiger partial charge on any atom is 0.220 e. The molecule has 1 unspecified atom stereocenters. The number of aromatic nitrogens is 1. The summed E-state index contributed by atoms with van der Waals surface area (Å²) in [4.78, 5) is 12.2. The first-order chi connectivity index (χ1) is 13.6. The number of ether oxygens (including phenoxy) is 2. The zero-order chi connectivity index (χ0) is 19.5. The number of amides is 1. The molecule has 1 aliphatic heterocycles. The summed E-state index contributed by atoms with van der Waals surface area (Å²) in [6.07, 6.45) is 3.65. The molecule has 1 amide bonds. The van der Waals surface area contributed by atoms with E-state index >= 15 is 0 Å². The van der Waals surface area contributed by atoms with E-state index in [2.05, 4.69) is 5.32 Å². The Labute approximate surface area is 163 Å². The van der Waals surface area contributed by atoms with Crippen LogP contribution in [0.2, 0.25) is 0 Å². The minimum atomic E-state index is -0.242. The summed E-state index contributed by atoms with van der Waals surface area (Å²) in [6.45, 7) is 0.825. The highest BCUT2D eigenvalue weighted by atomic mass is 19.1. The lowest BCUT2D eigenvalue weighted by atomic mass is 10.1. The van der Waals surface area contributed by atoms with Gasteiger partial charge in [0.1, 0.15) is 18.5 Å². The van der Waals surface area contributed by atoms with Crippen LogP contribution in [0.1, 0.15) is 18.4 Å². The summed E-state index contributed by atoms with van der Waals surface area (Å²) in [7, 11) is 1.95. The van der Waals surface area contributed by atoms with E-state index in [1.54, 1.807) is 12.1 Å². The Morgan fingerprint density at radius 2 is 2.07 bits per heavy atom. The molecule has 4 rings (SSSR count). The molecular formula is C22H23FN2O3. The fourth-order valence-corrected chi connectivity index (χ4v) is 3.56. The summed E-state index contributed by atoms with van der Waals surface area (Å²) in [5.41, 5.74) is 2.06. The van der Waals surface area contributed by atoms with Crippen LogP contribution in [-0.4, -0.2) is 29.7 Å². The molecule has 1 atom stereocenters. The van der Waals surface area contributed by atoms with Gasteiger partial charge in [-0.2, -0.15) is 0 Å². The van der Waals surface area contributed by atoms with Gasteiger partial charge in [0.25, 0.3) is 0 Å². The van der Waals surface area contributed by atoms with Gasteiger partial charge in [0.2, 0.25) is 5.91 Å². The number of hydrogen-bond acceptors (Lipinski definition) is 3. The van der Waals surface area contributed by atoms with E-state index in [9.17, 15) is 9.18 Å². The van der Waals surface area contributed by atoms with Gasteiger partial charge >= 0.3 is 0 Å². The molecule has 146 valence electrons. The van der Waals surface area contributed by atoms with Crippen LogP contribution in [0.4, 0.5) is 4.39 Å². The molecule has 0 spiro atoms. The van der Waals surface area contributed by atoms with E-state index in [1.165, 1.54) is 6.07 Å². The molecule has 0 radical (unpaired) electrons. The molecule has 0 aliphatic carbocycles. The average Bonchev–Trinajstić information content (AvgIpc) is 3.01. The quantitative estimate of drug-likeness (QED) is 0.709. The highest BCUT2D eigenvalue weighted by Crippen LogP contribution is 2.30. The predicted octanol–water partition coefficient (Wildman–Crippen LogP) is 3.60. The van der Waals surface area contributed by atoms with Crippen molar-refractivity contribution in [1.82, 2.24) is 9.88 Å². The summed E-state index contributed by atoms with van der Waals surface area (Å²) >= 11 is 0. The van der Waals surface area contributed by atoms with Crippen molar-refractivity contribution in [3.63, 3.8) is 0 Å². The molecule has 1 N–H and O–H groups in total. The SMILES string of the molecule is Cn1cc(CCCC(=O)NCC2COc3ccccc3O2)c2cc(F)ccc21. The van der Waals surface area contributed by atoms with E-state index in [4.69, 9.17) is 9.47 Å². The molecule has 1 aliphatic rings. The second-order valence-electron chi connectivity index (χ2n) is 7.08. The number of nitrogens with one attached hydrogen (secondary N) is 1. The number of nitrogens with zero attached hydrogens (tertiary/aromatic N) is 1. The third-order valence-corrected chi connectivity index (χ3v) is 4.98. The fourth-order valence-electron chi connectivity index (χ4n) is 3.56. The van der Waals surface area contributed by atoms with Gasteiger partial charge in [-0.1, -0.05) is 12.1 Å². The molecule has 2 aromatic carbocycles. The van der Waals surface area contributed by atoms with Crippen molar-refractivity contribution in [2.45, 2.75) is 25.4 Å². The smallest absolute Gasteiger partial charge is 0.220 e. The van der Waals surface area contributed by atoms with Gasteiger partial charge in [0.05, 0.1) is 6.54 Å². The van der Waals surface area contributed by atoms with E-state index in [-0.39, 0.29) is 17.8 Å². The van der Waals surface area contributed by atoms with Gasteiger partial charge in [0, 0.05) is 30.6 Å². The largest absolute Gasteiger partial charge is 0.486 e. The van der Waals surface area contributed by atoms with Gasteiger partial charge in [-0.05, 0) is 48.7 Å². The third kappa shape index (κ3) is 3.96. The minimum Gasteiger partial charge on any atom is -0.486 e. The Balaban J connectivity index is 1.25. The maximum atomic E-state index is 13.6. The highest BCUT2D eigenvalue weighted by molar-refractivity contribution is 5.84. The number of aryl methyl sites for hydroxylation is 2. The molecule has 5 nitrogen and oxygen atoms in total. The van der Waals surface area contributed by atoms with Crippen molar-refractivity contribution in [3.8, 4) is 11.5 Å². The van der Waals surface area contributed by atoms with Crippen LogP contribution in [0.3, 0.4) is 0 Å². The van der Waals surface area contributed by atoms with Crippen molar-refractivity contribution < 1.29 is 18.7 Å². The lowest BCUT2D eigenvalue weighted by Gasteiger charge is -2.26. The van der Waals surface area contributed by atoms with Crippen LogP contribution in [0, 0.1) is 5.82 Å². The first-order valence-corrected chi connectivity index (χ1v) is 9.49. The monoisotopic (exact) mass is 382 g/mol. The summed E-state index contributed by atoms with van der Waals surface area (Å²) in [5.74, 6) is 1.18. The normalized spacial score (nSPS) is 15.6. The van der Waals surface area contributed by atoms with Crippen molar-refractivity contribution in [2.24, 2.45) is 7.05 Å².